The fraction of sp³-hybridized carbons (Fsp3) is 0.0769. The largest absolute Gasteiger partial charge is 0.279 e. The summed E-state index contributed by atoms with van der Waals surface area (Å²) >= 11 is 5.80. The zero-order valence-electron chi connectivity index (χ0n) is 11.2. The summed E-state index contributed by atoms with van der Waals surface area (Å²) in [6, 6.07) is 6.65. The number of rotatable bonds is 4. The van der Waals surface area contributed by atoms with Gasteiger partial charge < -0.3 is 0 Å². The smallest absolute Gasteiger partial charge is 0.271 e. The number of anilines is 1. The fourth-order valence-electron chi connectivity index (χ4n) is 1.73. The first-order chi connectivity index (χ1) is 10.2. The molecular weight excluding hydrogens is 335 g/mol. The number of non-ortho nitro benzene ring substituents is 1. The summed E-state index contributed by atoms with van der Waals surface area (Å²) in [5.74, 6) is -0.599. The number of nitrogens with one attached hydrogen (secondary N) is 1. The van der Waals surface area contributed by atoms with E-state index in [0.717, 1.165) is 24.3 Å². The molecule has 0 radical (unpaired) electrons. The van der Waals surface area contributed by atoms with Crippen LogP contribution in [0.4, 0.5) is 15.8 Å². The molecule has 0 saturated carbocycles. The van der Waals surface area contributed by atoms with E-state index in [-0.39, 0.29) is 21.3 Å². The monoisotopic (exact) mass is 344 g/mol. The summed E-state index contributed by atoms with van der Waals surface area (Å²) in [6.07, 6.45) is 0. The lowest BCUT2D eigenvalue weighted by molar-refractivity contribution is -0.384. The van der Waals surface area contributed by atoms with Gasteiger partial charge in [0.1, 0.15) is 10.7 Å². The van der Waals surface area contributed by atoms with Crippen molar-refractivity contribution in [1.29, 1.82) is 0 Å². The standard InChI is InChI=1S/C13H10ClFN2O4S/c1-8-2-3-9(15)6-12(8)16-22(20,21)13-5-4-10(17(18)19)7-11(13)14/h2-7,16H,1H3. The Kier molecular flexibility index (Phi) is 4.34. The minimum Gasteiger partial charge on any atom is -0.279 e. The van der Waals surface area contributed by atoms with Gasteiger partial charge >= 0.3 is 0 Å². The molecule has 0 saturated heterocycles. The molecule has 0 atom stereocenters. The average Bonchev–Trinajstić information content (AvgIpc) is 2.42. The topological polar surface area (TPSA) is 89.3 Å². The van der Waals surface area contributed by atoms with Gasteiger partial charge in [-0.05, 0) is 30.7 Å². The maximum absolute atomic E-state index is 13.2. The number of nitro benzene ring substituents is 1. The van der Waals surface area contributed by atoms with Crippen LogP contribution in [0.25, 0.3) is 0 Å². The minimum atomic E-state index is -4.10. The molecule has 22 heavy (non-hydrogen) atoms. The van der Waals surface area contributed by atoms with Crippen LogP contribution in [0.2, 0.25) is 5.02 Å². The Labute approximate surface area is 130 Å². The highest BCUT2D eigenvalue weighted by atomic mass is 35.5. The molecule has 0 fully saturated rings. The van der Waals surface area contributed by atoms with Crippen LogP contribution < -0.4 is 4.72 Å². The van der Waals surface area contributed by atoms with Gasteiger partial charge in [0, 0.05) is 12.1 Å². The first-order valence-electron chi connectivity index (χ1n) is 5.93. The quantitative estimate of drug-likeness (QED) is 0.679. The van der Waals surface area contributed by atoms with Crippen LogP contribution >= 0.6 is 11.6 Å². The van der Waals surface area contributed by atoms with Crippen LogP contribution in [0.3, 0.4) is 0 Å². The molecule has 0 spiro atoms. The van der Waals surface area contributed by atoms with Crippen molar-refractivity contribution in [2.24, 2.45) is 0 Å². The van der Waals surface area contributed by atoms with Crippen molar-refractivity contribution in [1.82, 2.24) is 0 Å². The molecule has 1 N–H and O–H groups in total. The molecule has 2 aromatic carbocycles. The van der Waals surface area contributed by atoms with Gasteiger partial charge in [-0.2, -0.15) is 0 Å². The summed E-state index contributed by atoms with van der Waals surface area (Å²) in [7, 11) is -4.10. The molecule has 6 nitrogen and oxygen atoms in total. The molecule has 0 amide bonds. The second kappa shape index (κ2) is 5.90. The third kappa shape index (κ3) is 3.34. The Hall–Kier alpha value is -2.19. The normalized spacial score (nSPS) is 11.2. The van der Waals surface area contributed by atoms with Gasteiger partial charge in [0.2, 0.25) is 0 Å². The van der Waals surface area contributed by atoms with E-state index >= 15 is 0 Å². The summed E-state index contributed by atoms with van der Waals surface area (Å²) in [4.78, 5) is 9.61. The Morgan fingerprint density at radius 3 is 2.50 bits per heavy atom. The van der Waals surface area contributed by atoms with E-state index in [0.29, 0.717) is 5.56 Å². The lowest BCUT2D eigenvalue weighted by atomic mass is 10.2. The van der Waals surface area contributed by atoms with E-state index in [2.05, 4.69) is 4.72 Å². The Morgan fingerprint density at radius 1 is 1.23 bits per heavy atom. The second-order valence-electron chi connectivity index (χ2n) is 4.44. The van der Waals surface area contributed by atoms with Gasteiger partial charge in [0.05, 0.1) is 15.6 Å². The molecule has 9 heteroatoms. The third-order valence-electron chi connectivity index (χ3n) is 2.86. The van der Waals surface area contributed by atoms with Gasteiger partial charge in [-0.25, -0.2) is 12.8 Å². The number of aryl methyl sites for hydroxylation is 1. The predicted octanol–water partition coefficient (Wildman–Crippen LogP) is 3.50. The summed E-state index contributed by atoms with van der Waals surface area (Å²) < 4.78 is 40.0. The van der Waals surface area contributed by atoms with Gasteiger partial charge in [-0.15, -0.1) is 0 Å². The number of sulfonamides is 1. The summed E-state index contributed by atoms with van der Waals surface area (Å²) in [5.41, 5.74) is 0.253. The molecule has 2 aromatic rings. The third-order valence-corrected chi connectivity index (χ3v) is 4.71. The van der Waals surface area contributed by atoms with E-state index < -0.39 is 20.8 Å². The van der Waals surface area contributed by atoms with Gasteiger partial charge in [0.15, 0.2) is 0 Å². The number of benzene rings is 2. The van der Waals surface area contributed by atoms with E-state index in [9.17, 15) is 22.9 Å². The van der Waals surface area contributed by atoms with Crippen molar-refractivity contribution < 1.29 is 17.7 Å². The zero-order chi connectivity index (χ0) is 16.5. The Bertz CT molecular complexity index is 855. The van der Waals surface area contributed by atoms with Crippen molar-refractivity contribution in [2.75, 3.05) is 4.72 Å². The molecule has 0 unspecified atom stereocenters. The average molecular weight is 345 g/mol. The molecular formula is C13H10ClFN2O4S. The van der Waals surface area contributed by atoms with Gasteiger partial charge in [-0.1, -0.05) is 17.7 Å². The number of nitro groups is 1. The van der Waals surface area contributed by atoms with Crippen molar-refractivity contribution in [3.8, 4) is 0 Å². The van der Waals surface area contributed by atoms with Crippen LogP contribution in [0.15, 0.2) is 41.3 Å². The SMILES string of the molecule is Cc1ccc(F)cc1NS(=O)(=O)c1ccc([N+](=O)[O-])cc1Cl. The minimum absolute atomic E-state index is 0.0643. The lowest BCUT2D eigenvalue weighted by Gasteiger charge is -2.11. The Balaban J connectivity index is 2.43. The molecule has 0 heterocycles. The second-order valence-corrected chi connectivity index (χ2v) is 6.49. The van der Waals surface area contributed by atoms with Gasteiger partial charge in [-0.3, -0.25) is 14.8 Å². The van der Waals surface area contributed by atoms with Crippen molar-refractivity contribution in [3.05, 3.63) is 62.9 Å². The first-order valence-corrected chi connectivity index (χ1v) is 7.80. The molecule has 2 rings (SSSR count). The first kappa shape index (κ1) is 16.2. The zero-order valence-corrected chi connectivity index (χ0v) is 12.8. The van der Waals surface area contributed by atoms with Crippen molar-refractivity contribution in [3.63, 3.8) is 0 Å². The molecule has 0 aromatic heterocycles. The fourth-order valence-corrected chi connectivity index (χ4v) is 3.39. The van der Waals surface area contributed by atoms with E-state index in [1.165, 1.54) is 12.1 Å². The van der Waals surface area contributed by atoms with Crippen molar-refractivity contribution >= 4 is 33.0 Å². The predicted molar refractivity (Wildman–Crippen MR) is 80.1 cm³/mol. The molecule has 0 aliphatic heterocycles. The highest BCUT2D eigenvalue weighted by molar-refractivity contribution is 7.92. The van der Waals surface area contributed by atoms with Crippen LogP contribution in [0, 0.1) is 22.9 Å². The van der Waals surface area contributed by atoms with Crippen molar-refractivity contribution in [2.45, 2.75) is 11.8 Å². The maximum Gasteiger partial charge on any atom is 0.271 e. The number of nitrogens with zero attached hydrogens (tertiary/aromatic N) is 1. The van der Waals surface area contributed by atoms with E-state index in [1.54, 1.807) is 6.92 Å². The highest BCUT2D eigenvalue weighted by Crippen LogP contribution is 2.28. The van der Waals surface area contributed by atoms with Crippen LogP contribution in [0.5, 0.6) is 0 Å². The van der Waals surface area contributed by atoms with Crippen LogP contribution in [0.1, 0.15) is 5.56 Å². The lowest BCUT2D eigenvalue weighted by Crippen LogP contribution is -2.14. The summed E-state index contributed by atoms with van der Waals surface area (Å²) in [6.45, 7) is 1.61. The van der Waals surface area contributed by atoms with E-state index in [1.807, 2.05) is 0 Å². The number of halogens is 2. The van der Waals surface area contributed by atoms with E-state index in [4.69, 9.17) is 11.6 Å². The molecule has 0 aliphatic carbocycles. The molecule has 0 aliphatic rings. The number of hydrogen-bond acceptors (Lipinski definition) is 4. The van der Waals surface area contributed by atoms with Gasteiger partial charge in [0.25, 0.3) is 15.7 Å². The molecule has 0 bridgehead atoms. The summed E-state index contributed by atoms with van der Waals surface area (Å²) in [5, 5.41) is 10.3. The Morgan fingerprint density at radius 2 is 1.91 bits per heavy atom. The van der Waals surface area contributed by atoms with Crippen LogP contribution in [-0.2, 0) is 10.0 Å². The highest BCUT2D eigenvalue weighted by Gasteiger charge is 2.21. The molecule has 116 valence electrons. The number of hydrogen-bond donors (Lipinski definition) is 1. The maximum atomic E-state index is 13.2. The van der Waals surface area contributed by atoms with Crippen LogP contribution in [-0.4, -0.2) is 13.3 Å².